The van der Waals surface area contributed by atoms with Crippen LogP contribution in [0.3, 0.4) is 0 Å². The molecule has 1 N–H and O–H groups in total. The summed E-state index contributed by atoms with van der Waals surface area (Å²) in [6.45, 7) is 5.07. The third-order valence-electron chi connectivity index (χ3n) is 3.91. The van der Waals surface area contributed by atoms with Gasteiger partial charge in [0.2, 0.25) is 5.91 Å². The lowest BCUT2D eigenvalue weighted by Gasteiger charge is -2.11. The van der Waals surface area contributed by atoms with Crippen molar-refractivity contribution in [3.63, 3.8) is 0 Å². The normalized spacial score (nSPS) is 11.1. The zero-order valence-electron chi connectivity index (χ0n) is 15.2. The van der Waals surface area contributed by atoms with Gasteiger partial charge in [0.1, 0.15) is 5.75 Å². The summed E-state index contributed by atoms with van der Waals surface area (Å²) in [5.41, 5.74) is 0.373. The Morgan fingerprint density at radius 3 is 2.40 bits per heavy atom. The van der Waals surface area contributed by atoms with Gasteiger partial charge in [-0.15, -0.1) is 6.58 Å². The molecule has 0 heterocycles. The molecule has 0 unspecified atom stereocenters. The molecule has 1 aromatic carbocycles. The summed E-state index contributed by atoms with van der Waals surface area (Å²) in [4.78, 5) is 11.5. The Balaban J connectivity index is 2.57. The van der Waals surface area contributed by atoms with Gasteiger partial charge in [-0.25, -0.2) is 8.42 Å². The average molecular weight is 368 g/mol. The highest BCUT2D eigenvalue weighted by molar-refractivity contribution is 7.91. The van der Waals surface area contributed by atoms with E-state index in [-0.39, 0.29) is 16.6 Å². The van der Waals surface area contributed by atoms with E-state index in [0.29, 0.717) is 17.9 Å². The zero-order chi connectivity index (χ0) is 18.7. The van der Waals surface area contributed by atoms with E-state index < -0.39 is 9.84 Å². The van der Waals surface area contributed by atoms with Crippen LogP contribution in [0.5, 0.6) is 5.75 Å². The number of rotatable bonds is 12. The van der Waals surface area contributed by atoms with Gasteiger partial charge in [0.05, 0.1) is 23.4 Å². The Bertz CT molecular complexity index is 668. The summed E-state index contributed by atoms with van der Waals surface area (Å²) >= 11 is 0. The first-order valence-corrected chi connectivity index (χ1v) is 10.3. The van der Waals surface area contributed by atoms with Crippen LogP contribution in [0.2, 0.25) is 0 Å². The molecule has 0 aliphatic rings. The number of methoxy groups -OCH3 is 1. The lowest BCUT2D eigenvalue weighted by molar-refractivity contribution is -0.114. The van der Waals surface area contributed by atoms with Crippen molar-refractivity contribution in [1.82, 2.24) is 0 Å². The average Bonchev–Trinajstić information content (AvgIpc) is 2.56. The number of carbonyl (C=O) groups is 1. The second-order valence-electron chi connectivity index (χ2n) is 6.06. The van der Waals surface area contributed by atoms with Crippen LogP contribution in [0, 0.1) is 0 Å². The van der Waals surface area contributed by atoms with Gasteiger partial charge in [0, 0.05) is 6.92 Å². The molecule has 0 aromatic heterocycles. The molecule has 25 heavy (non-hydrogen) atoms. The number of allylic oxidation sites excluding steroid dienone is 1. The van der Waals surface area contributed by atoms with E-state index in [9.17, 15) is 13.2 Å². The molecule has 6 heteroatoms. The van der Waals surface area contributed by atoms with Crippen LogP contribution in [-0.2, 0) is 14.6 Å². The van der Waals surface area contributed by atoms with Crippen molar-refractivity contribution in [1.29, 1.82) is 0 Å². The summed E-state index contributed by atoms with van der Waals surface area (Å²) in [6, 6.07) is 4.55. The highest BCUT2D eigenvalue weighted by atomic mass is 32.2. The van der Waals surface area contributed by atoms with Crippen molar-refractivity contribution in [3.05, 3.63) is 30.9 Å². The van der Waals surface area contributed by atoms with Crippen molar-refractivity contribution >= 4 is 21.4 Å². The predicted octanol–water partition coefficient (Wildman–Crippen LogP) is 4.34. The number of nitrogens with one attached hydrogen (secondary N) is 1. The Hall–Kier alpha value is -1.82. The standard InChI is InChI=1S/C19H29NO4S/c1-4-5-6-7-8-9-10-11-14-25(22,23)17-12-13-19(24-3)18(15-17)20-16(2)21/h4,12-13,15H,1,5-11,14H2,2-3H3,(H,20,21). The monoisotopic (exact) mass is 367 g/mol. The third-order valence-corrected chi connectivity index (χ3v) is 5.71. The first-order chi connectivity index (χ1) is 11.9. The van der Waals surface area contributed by atoms with Crippen LogP contribution in [0.15, 0.2) is 35.7 Å². The molecule has 5 nitrogen and oxygen atoms in total. The molecule has 0 atom stereocenters. The second-order valence-corrected chi connectivity index (χ2v) is 8.17. The van der Waals surface area contributed by atoms with Crippen LogP contribution >= 0.6 is 0 Å². The lowest BCUT2D eigenvalue weighted by atomic mass is 10.1. The Kier molecular flexibility index (Phi) is 9.27. The van der Waals surface area contributed by atoms with Crippen LogP contribution in [0.1, 0.15) is 51.9 Å². The van der Waals surface area contributed by atoms with E-state index in [0.717, 1.165) is 38.5 Å². The maximum atomic E-state index is 12.5. The number of benzene rings is 1. The quantitative estimate of drug-likeness (QED) is 0.440. The molecule has 0 radical (unpaired) electrons. The van der Waals surface area contributed by atoms with Gasteiger partial charge in [-0.1, -0.05) is 31.8 Å². The van der Waals surface area contributed by atoms with Crippen LogP contribution < -0.4 is 10.1 Å². The van der Waals surface area contributed by atoms with E-state index >= 15 is 0 Å². The first kappa shape index (κ1) is 21.2. The van der Waals surface area contributed by atoms with Gasteiger partial charge < -0.3 is 10.1 Å². The summed E-state index contributed by atoms with van der Waals surface area (Å²) < 4.78 is 30.1. The molecule has 1 aromatic rings. The SMILES string of the molecule is C=CCCCCCCCCS(=O)(=O)c1ccc(OC)c(NC(C)=O)c1. The number of hydrogen-bond acceptors (Lipinski definition) is 4. The fourth-order valence-electron chi connectivity index (χ4n) is 2.57. The van der Waals surface area contributed by atoms with Crippen LogP contribution in [0.25, 0.3) is 0 Å². The molecule has 140 valence electrons. The molecular weight excluding hydrogens is 338 g/mol. The molecule has 0 aliphatic carbocycles. The molecule has 0 aliphatic heterocycles. The van der Waals surface area contributed by atoms with Gasteiger partial charge >= 0.3 is 0 Å². The fraction of sp³-hybridized carbons (Fsp3) is 0.526. The van der Waals surface area contributed by atoms with Crippen LogP contribution in [-0.4, -0.2) is 27.2 Å². The maximum Gasteiger partial charge on any atom is 0.221 e. The van der Waals surface area contributed by atoms with Crippen molar-refractivity contribution in [2.45, 2.75) is 56.8 Å². The van der Waals surface area contributed by atoms with E-state index in [1.807, 2.05) is 6.08 Å². The Labute approximate surface area is 151 Å². The van der Waals surface area contributed by atoms with E-state index in [1.165, 1.54) is 26.2 Å². The minimum Gasteiger partial charge on any atom is -0.495 e. The van der Waals surface area contributed by atoms with Gasteiger partial charge in [-0.05, 0) is 37.5 Å². The Morgan fingerprint density at radius 2 is 1.80 bits per heavy atom. The van der Waals surface area contributed by atoms with E-state index in [1.54, 1.807) is 6.07 Å². The molecule has 1 amide bonds. The summed E-state index contributed by atoms with van der Waals surface area (Å²) in [5.74, 6) is 0.281. The molecule has 0 spiro atoms. The van der Waals surface area contributed by atoms with E-state index in [2.05, 4.69) is 11.9 Å². The number of unbranched alkanes of at least 4 members (excludes halogenated alkanes) is 6. The minimum atomic E-state index is -3.37. The summed E-state index contributed by atoms with van der Waals surface area (Å²) in [6.07, 6.45) is 9.01. The molecular formula is C19H29NO4S. The van der Waals surface area contributed by atoms with Gasteiger partial charge in [-0.2, -0.15) is 0 Å². The molecule has 0 fully saturated rings. The van der Waals surface area contributed by atoms with Gasteiger partial charge in [-0.3, -0.25) is 4.79 Å². The molecule has 1 rings (SSSR count). The number of anilines is 1. The first-order valence-electron chi connectivity index (χ1n) is 8.70. The smallest absolute Gasteiger partial charge is 0.221 e. The maximum absolute atomic E-state index is 12.5. The number of ether oxygens (including phenoxy) is 1. The van der Waals surface area contributed by atoms with Crippen molar-refractivity contribution in [2.75, 3.05) is 18.2 Å². The molecule has 0 bridgehead atoms. The predicted molar refractivity (Wildman–Crippen MR) is 102 cm³/mol. The highest BCUT2D eigenvalue weighted by Crippen LogP contribution is 2.28. The minimum absolute atomic E-state index is 0.117. The number of carbonyl (C=O) groups excluding carboxylic acids is 1. The van der Waals surface area contributed by atoms with Crippen LogP contribution in [0.4, 0.5) is 5.69 Å². The molecule has 0 saturated carbocycles. The van der Waals surface area contributed by atoms with Crippen molar-refractivity contribution < 1.29 is 17.9 Å². The highest BCUT2D eigenvalue weighted by Gasteiger charge is 2.17. The number of sulfone groups is 1. The van der Waals surface area contributed by atoms with Crippen molar-refractivity contribution in [3.8, 4) is 5.75 Å². The number of hydrogen-bond donors (Lipinski definition) is 1. The number of amides is 1. The summed E-state index contributed by atoms with van der Waals surface area (Å²) in [5, 5.41) is 2.60. The fourth-order valence-corrected chi connectivity index (χ4v) is 3.97. The topological polar surface area (TPSA) is 72.5 Å². The second kappa shape index (κ2) is 10.9. The Morgan fingerprint density at radius 1 is 1.16 bits per heavy atom. The van der Waals surface area contributed by atoms with Gasteiger partial charge in [0.15, 0.2) is 9.84 Å². The van der Waals surface area contributed by atoms with Crippen molar-refractivity contribution in [2.24, 2.45) is 0 Å². The third kappa shape index (κ3) is 7.73. The van der Waals surface area contributed by atoms with Gasteiger partial charge in [0.25, 0.3) is 0 Å². The summed E-state index contributed by atoms with van der Waals surface area (Å²) in [7, 11) is -1.89. The van der Waals surface area contributed by atoms with E-state index in [4.69, 9.17) is 4.74 Å². The molecule has 0 saturated heterocycles. The lowest BCUT2D eigenvalue weighted by Crippen LogP contribution is -2.10. The zero-order valence-corrected chi connectivity index (χ0v) is 16.0. The largest absolute Gasteiger partial charge is 0.495 e.